The standard InChI is InChI=1S/C14H23BrN2O2S2/c1-11-8-12(10-16)9-13(14(11)15)21(18,19)17-6-4-3-5-7-20-2/h8-9,17H,3-7,10,16H2,1-2H3. The van der Waals surface area contributed by atoms with Crippen LogP contribution in [0, 0.1) is 6.92 Å². The van der Waals surface area contributed by atoms with Crippen molar-refractivity contribution in [3.63, 3.8) is 0 Å². The van der Waals surface area contributed by atoms with Crippen molar-refractivity contribution in [3.8, 4) is 0 Å². The molecule has 0 atom stereocenters. The van der Waals surface area contributed by atoms with Crippen molar-refractivity contribution in [3.05, 3.63) is 27.7 Å². The molecule has 4 nitrogen and oxygen atoms in total. The molecule has 0 aromatic heterocycles. The van der Waals surface area contributed by atoms with Gasteiger partial charge in [0.05, 0.1) is 4.90 Å². The molecule has 1 aromatic carbocycles. The lowest BCUT2D eigenvalue weighted by Gasteiger charge is -2.12. The minimum atomic E-state index is -3.50. The molecule has 3 N–H and O–H groups in total. The quantitative estimate of drug-likeness (QED) is 0.631. The molecule has 0 amide bonds. The number of nitrogens with one attached hydrogen (secondary N) is 1. The summed E-state index contributed by atoms with van der Waals surface area (Å²) in [5.41, 5.74) is 7.31. The number of rotatable bonds is 9. The highest BCUT2D eigenvalue weighted by atomic mass is 79.9. The summed E-state index contributed by atoms with van der Waals surface area (Å²) in [6.07, 6.45) is 5.08. The van der Waals surface area contributed by atoms with Crippen LogP contribution in [0.25, 0.3) is 0 Å². The van der Waals surface area contributed by atoms with Gasteiger partial charge in [-0.15, -0.1) is 0 Å². The first-order chi connectivity index (χ1) is 9.92. The average molecular weight is 395 g/mol. The molecule has 0 fully saturated rings. The smallest absolute Gasteiger partial charge is 0.241 e. The summed E-state index contributed by atoms with van der Waals surface area (Å²) in [5.74, 6) is 1.12. The second-order valence-corrected chi connectivity index (χ2v) is 8.39. The first-order valence-electron chi connectivity index (χ1n) is 6.90. The Morgan fingerprint density at radius 2 is 2.00 bits per heavy atom. The molecule has 1 aromatic rings. The Morgan fingerprint density at radius 3 is 2.62 bits per heavy atom. The molecular weight excluding hydrogens is 372 g/mol. The Kier molecular flexibility index (Phi) is 8.26. The Bertz CT molecular complexity index is 562. The number of sulfonamides is 1. The Hall–Kier alpha value is -0.0800. The molecule has 21 heavy (non-hydrogen) atoms. The number of halogens is 1. The van der Waals surface area contributed by atoms with Gasteiger partial charge >= 0.3 is 0 Å². The van der Waals surface area contributed by atoms with Gasteiger partial charge in [-0.05, 0) is 64.9 Å². The van der Waals surface area contributed by atoms with Crippen LogP contribution in [-0.2, 0) is 16.6 Å². The van der Waals surface area contributed by atoms with Crippen LogP contribution in [0.15, 0.2) is 21.5 Å². The highest BCUT2D eigenvalue weighted by molar-refractivity contribution is 9.10. The normalized spacial score (nSPS) is 11.8. The van der Waals surface area contributed by atoms with Gasteiger partial charge in [0.2, 0.25) is 10.0 Å². The van der Waals surface area contributed by atoms with Gasteiger partial charge in [-0.1, -0.05) is 12.5 Å². The zero-order valence-electron chi connectivity index (χ0n) is 12.5. The van der Waals surface area contributed by atoms with E-state index in [-0.39, 0.29) is 4.90 Å². The number of nitrogens with two attached hydrogens (primary N) is 1. The average Bonchev–Trinajstić information content (AvgIpc) is 2.45. The van der Waals surface area contributed by atoms with Crippen LogP contribution in [0.5, 0.6) is 0 Å². The van der Waals surface area contributed by atoms with Gasteiger partial charge in [-0.2, -0.15) is 11.8 Å². The molecule has 0 aliphatic rings. The predicted octanol–water partition coefficient (Wildman–Crippen LogP) is 3.03. The second-order valence-electron chi connectivity index (χ2n) is 4.88. The Labute approximate surface area is 140 Å². The molecule has 1 rings (SSSR count). The molecule has 120 valence electrons. The van der Waals surface area contributed by atoms with Crippen molar-refractivity contribution < 1.29 is 8.42 Å². The third kappa shape index (κ3) is 5.90. The fourth-order valence-electron chi connectivity index (χ4n) is 1.96. The van der Waals surface area contributed by atoms with Crippen molar-refractivity contribution in [1.82, 2.24) is 4.72 Å². The molecule has 0 bridgehead atoms. The van der Waals surface area contributed by atoms with Gasteiger partial charge in [0.25, 0.3) is 0 Å². The number of hydrogen-bond donors (Lipinski definition) is 2. The summed E-state index contributed by atoms with van der Waals surface area (Å²) in [6.45, 7) is 2.66. The van der Waals surface area contributed by atoms with E-state index in [9.17, 15) is 8.42 Å². The lowest BCUT2D eigenvalue weighted by Crippen LogP contribution is -2.25. The van der Waals surface area contributed by atoms with Crippen molar-refractivity contribution in [2.24, 2.45) is 5.73 Å². The highest BCUT2D eigenvalue weighted by Crippen LogP contribution is 2.27. The van der Waals surface area contributed by atoms with Crippen molar-refractivity contribution in [2.75, 3.05) is 18.6 Å². The summed E-state index contributed by atoms with van der Waals surface area (Å²) in [6, 6.07) is 3.53. The summed E-state index contributed by atoms with van der Waals surface area (Å²) in [7, 11) is -3.50. The summed E-state index contributed by atoms with van der Waals surface area (Å²) in [5, 5.41) is 0. The van der Waals surface area contributed by atoms with Crippen LogP contribution in [0.4, 0.5) is 0 Å². The van der Waals surface area contributed by atoms with Gasteiger partial charge in [0, 0.05) is 17.6 Å². The molecule has 7 heteroatoms. The topological polar surface area (TPSA) is 72.2 Å². The number of unbranched alkanes of at least 4 members (excludes halogenated alkanes) is 2. The van der Waals surface area contributed by atoms with Crippen LogP contribution < -0.4 is 10.5 Å². The molecule has 0 radical (unpaired) electrons. The maximum Gasteiger partial charge on any atom is 0.241 e. The van der Waals surface area contributed by atoms with E-state index < -0.39 is 10.0 Å². The van der Waals surface area contributed by atoms with Gasteiger partial charge in [0.15, 0.2) is 0 Å². The fraction of sp³-hybridized carbons (Fsp3) is 0.571. The molecular formula is C14H23BrN2O2S2. The van der Waals surface area contributed by atoms with Gasteiger partial charge in [-0.25, -0.2) is 13.1 Å². The van der Waals surface area contributed by atoms with E-state index in [0.29, 0.717) is 17.6 Å². The maximum atomic E-state index is 12.4. The maximum absolute atomic E-state index is 12.4. The molecule has 0 saturated carbocycles. The van der Waals surface area contributed by atoms with E-state index in [1.165, 1.54) is 0 Å². The SMILES string of the molecule is CSCCCCCNS(=O)(=O)c1cc(CN)cc(C)c1Br. The molecule has 0 aliphatic heterocycles. The van der Waals surface area contributed by atoms with Crippen LogP contribution in [0.1, 0.15) is 30.4 Å². The highest BCUT2D eigenvalue weighted by Gasteiger charge is 2.19. The minimum Gasteiger partial charge on any atom is -0.326 e. The zero-order valence-corrected chi connectivity index (χ0v) is 15.7. The van der Waals surface area contributed by atoms with E-state index >= 15 is 0 Å². The van der Waals surface area contributed by atoms with Crippen LogP contribution in [0.2, 0.25) is 0 Å². The first kappa shape index (κ1) is 19.0. The third-order valence-corrected chi connectivity index (χ3v) is 6.62. The number of aryl methyl sites for hydroxylation is 1. The molecule has 0 heterocycles. The van der Waals surface area contributed by atoms with Crippen LogP contribution in [-0.4, -0.2) is 27.0 Å². The molecule has 0 aliphatic carbocycles. The van der Waals surface area contributed by atoms with Crippen molar-refractivity contribution in [2.45, 2.75) is 37.6 Å². The van der Waals surface area contributed by atoms with E-state index in [0.717, 1.165) is 36.1 Å². The summed E-state index contributed by atoms with van der Waals surface area (Å²) in [4.78, 5) is 0.270. The first-order valence-corrected chi connectivity index (χ1v) is 10.6. The van der Waals surface area contributed by atoms with E-state index in [2.05, 4.69) is 26.9 Å². The monoisotopic (exact) mass is 394 g/mol. The Morgan fingerprint density at radius 1 is 1.29 bits per heavy atom. The summed E-state index contributed by atoms with van der Waals surface area (Å²) < 4.78 is 28.0. The van der Waals surface area contributed by atoms with Crippen LogP contribution >= 0.6 is 27.7 Å². The van der Waals surface area contributed by atoms with Gasteiger partial charge in [0.1, 0.15) is 0 Å². The summed E-state index contributed by atoms with van der Waals surface area (Å²) >= 11 is 5.17. The second kappa shape index (κ2) is 9.15. The largest absolute Gasteiger partial charge is 0.326 e. The van der Waals surface area contributed by atoms with Gasteiger partial charge in [-0.3, -0.25) is 0 Å². The van der Waals surface area contributed by atoms with E-state index in [4.69, 9.17) is 5.73 Å². The molecule has 0 saturated heterocycles. The fourth-order valence-corrected chi connectivity index (χ4v) is 4.59. The van der Waals surface area contributed by atoms with Crippen molar-refractivity contribution in [1.29, 1.82) is 0 Å². The number of hydrogen-bond acceptors (Lipinski definition) is 4. The van der Waals surface area contributed by atoms with Crippen LogP contribution in [0.3, 0.4) is 0 Å². The van der Waals surface area contributed by atoms with E-state index in [1.54, 1.807) is 6.07 Å². The van der Waals surface area contributed by atoms with E-state index in [1.807, 2.05) is 24.8 Å². The Balaban J connectivity index is 2.72. The van der Waals surface area contributed by atoms with Gasteiger partial charge < -0.3 is 5.73 Å². The minimum absolute atomic E-state index is 0.270. The molecule has 0 spiro atoms. The lowest BCUT2D eigenvalue weighted by atomic mass is 10.1. The zero-order chi connectivity index (χ0) is 15.9. The lowest BCUT2D eigenvalue weighted by molar-refractivity contribution is 0.575. The third-order valence-electron chi connectivity index (χ3n) is 3.12. The number of benzene rings is 1. The predicted molar refractivity (Wildman–Crippen MR) is 94.2 cm³/mol. The number of thioether (sulfide) groups is 1. The molecule has 0 unspecified atom stereocenters. The van der Waals surface area contributed by atoms with Crippen molar-refractivity contribution >= 4 is 37.7 Å².